The van der Waals surface area contributed by atoms with Gasteiger partial charge in [-0.15, -0.1) is 0 Å². The zero-order valence-corrected chi connectivity index (χ0v) is 17.8. The highest BCUT2D eigenvalue weighted by molar-refractivity contribution is 9.10. The molecule has 6 nitrogen and oxygen atoms in total. The van der Waals surface area contributed by atoms with Crippen LogP contribution in [0.4, 0.5) is 4.39 Å². The third-order valence-electron chi connectivity index (χ3n) is 4.19. The van der Waals surface area contributed by atoms with Gasteiger partial charge in [0.25, 0.3) is 0 Å². The monoisotopic (exact) mass is 468 g/mol. The molecule has 2 aromatic carbocycles. The summed E-state index contributed by atoms with van der Waals surface area (Å²) in [5.41, 5.74) is 1.77. The number of esters is 1. The van der Waals surface area contributed by atoms with E-state index < -0.39 is 11.8 Å². The van der Waals surface area contributed by atoms with E-state index in [1.165, 1.54) is 12.1 Å². The van der Waals surface area contributed by atoms with Gasteiger partial charge in [-0.3, -0.25) is 4.79 Å². The number of benzene rings is 2. The number of ether oxygens (including phenoxy) is 5. The lowest BCUT2D eigenvalue weighted by atomic mass is 10.1. The minimum Gasteiger partial charge on any atom is -0.490 e. The number of rotatable bonds is 8. The Bertz CT molecular complexity index is 886. The normalized spacial score (nSPS) is 12.7. The number of hydrogen-bond donors (Lipinski definition) is 0. The molecular weight excluding hydrogens is 447 g/mol. The van der Waals surface area contributed by atoms with Crippen molar-refractivity contribution in [1.82, 2.24) is 0 Å². The van der Waals surface area contributed by atoms with Crippen LogP contribution in [0.1, 0.15) is 30.5 Å². The first-order valence-electron chi connectivity index (χ1n) is 9.27. The standard InChI is InChI=1S/C21H22BrFO6/c1-3-26-18-7-13(17(22)9-19(18)27-4-2)8-20(24)28-11-15-6-16(23)5-14-10-25-12-29-21(14)15/h5-7,9H,3-4,8,10-12H2,1-2H3. The van der Waals surface area contributed by atoms with Crippen LogP contribution < -0.4 is 14.2 Å². The van der Waals surface area contributed by atoms with Gasteiger partial charge in [-0.2, -0.15) is 0 Å². The molecule has 0 saturated carbocycles. The van der Waals surface area contributed by atoms with Gasteiger partial charge in [-0.05, 0) is 43.7 Å². The molecule has 0 radical (unpaired) electrons. The number of carbonyl (C=O) groups is 1. The lowest BCUT2D eigenvalue weighted by molar-refractivity contribution is -0.144. The lowest BCUT2D eigenvalue weighted by Crippen LogP contribution is -2.15. The van der Waals surface area contributed by atoms with E-state index in [0.29, 0.717) is 51.6 Å². The number of fused-ring (bicyclic) bond motifs is 1. The van der Waals surface area contributed by atoms with Crippen molar-refractivity contribution in [3.05, 3.63) is 51.2 Å². The third-order valence-corrected chi connectivity index (χ3v) is 4.93. The maximum absolute atomic E-state index is 13.8. The van der Waals surface area contributed by atoms with Crippen LogP contribution in [0.25, 0.3) is 0 Å². The van der Waals surface area contributed by atoms with Crippen molar-refractivity contribution >= 4 is 21.9 Å². The smallest absolute Gasteiger partial charge is 0.310 e. The van der Waals surface area contributed by atoms with Crippen molar-refractivity contribution in [3.63, 3.8) is 0 Å². The highest BCUT2D eigenvalue weighted by Gasteiger charge is 2.19. The van der Waals surface area contributed by atoms with E-state index in [9.17, 15) is 9.18 Å². The van der Waals surface area contributed by atoms with Gasteiger partial charge in [0, 0.05) is 15.6 Å². The van der Waals surface area contributed by atoms with E-state index in [1.54, 1.807) is 12.1 Å². The van der Waals surface area contributed by atoms with E-state index >= 15 is 0 Å². The third kappa shape index (κ3) is 5.39. The van der Waals surface area contributed by atoms with Gasteiger partial charge in [0.05, 0.1) is 26.2 Å². The molecule has 1 heterocycles. The first kappa shape index (κ1) is 21.4. The van der Waals surface area contributed by atoms with Crippen molar-refractivity contribution in [1.29, 1.82) is 0 Å². The maximum Gasteiger partial charge on any atom is 0.310 e. The first-order valence-corrected chi connectivity index (χ1v) is 10.1. The Morgan fingerprint density at radius 1 is 1.10 bits per heavy atom. The second kappa shape index (κ2) is 9.93. The Morgan fingerprint density at radius 3 is 2.55 bits per heavy atom. The molecule has 0 aliphatic carbocycles. The average molecular weight is 469 g/mol. The molecule has 2 aromatic rings. The molecule has 3 rings (SSSR count). The summed E-state index contributed by atoms with van der Waals surface area (Å²) in [7, 11) is 0. The summed E-state index contributed by atoms with van der Waals surface area (Å²) in [6.07, 6.45) is 0.0224. The highest BCUT2D eigenvalue weighted by atomic mass is 79.9. The summed E-state index contributed by atoms with van der Waals surface area (Å²) in [6.45, 7) is 4.98. The van der Waals surface area contributed by atoms with E-state index in [0.717, 1.165) is 0 Å². The fourth-order valence-corrected chi connectivity index (χ4v) is 3.44. The van der Waals surface area contributed by atoms with Crippen LogP contribution in [-0.2, 0) is 33.9 Å². The number of halogens is 2. The predicted molar refractivity (Wildman–Crippen MR) is 107 cm³/mol. The molecule has 0 bridgehead atoms. The van der Waals surface area contributed by atoms with Gasteiger partial charge in [-0.1, -0.05) is 15.9 Å². The van der Waals surface area contributed by atoms with E-state index in [1.807, 2.05) is 13.8 Å². The van der Waals surface area contributed by atoms with Crippen molar-refractivity contribution in [2.45, 2.75) is 33.5 Å². The SMILES string of the molecule is CCOc1cc(Br)c(CC(=O)OCc2cc(F)cc3c2OCOC3)cc1OCC. The Balaban J connectivity index is 1.70. The molecule has 0 unspecified atom stereocenters. The molecule has 1 aliphatic rings. The molecule has 1 aliphatic heterocycles. The summed E-state index contributed by atoms with van der Waals surface area (Å²) in [4.78, 5) is 12.4. The Kier molecular flexibility index (Phi) is 7.33. The molecule has 0 saturated heterocycles. The summed E-state index contributed by atoms with van der Waals surface area (Å²) in [5, 5.41) is 0. The highest BCUT2D eigenvalue weighted by Crippen LogP contribution is 2.34. The van der Waals surface area contributed by atoms with Crippen LogP contribution in [-0.4, -0.2) is 26.0 Å². The van der Waals surface area contributed by atoms with Gasteiger partial charge in [0.15, 0.2) is 18.3 Å². The van der Waals surface area contributed by atoms with Crippen LogP contribution in [0.5, 0.6) is 17.2 Å². The molecule has 0 aromatic heterocycles. The Labute approximate surface area is 177 Å². The van der Waals surface area contributed by atoms with Crippen molar-refractivity contribution < 1.29 is 32.9 Å². The average Bonchev–Trinajstić information content (AvgIpc) is 2.69. The second-order valence-electron chi connectivity index (χ2n) is 6.26. The fourth-order valence-electron chi connectivity index (χ4n) is 2.98. The molecule has 0 spiro atoms. The Hall–Kier alpha value is -2.32. The molecule has 0 atom stereocenters. The van der Waals surface area contributed by atoms with Crippen LogP contribution in [0.15, 0.2) is 28.7 Å². The summed E-state index contributed by atoms with van der Waals surface area (Å²) >= 11 is 3.46. The van der Waals surface area contributed by atoms with Gasteiger partial charge in [0.2, 0.25) is 0 Å². The largest absolute Gasteiger partial charge is 0.490 e. The topological polar surface area (TPSA) is 63.2 Å². The molecule has 0 N–H and O–H groups in total. The predicted octanol–water partition coefficient (Wildman–Crippen LogP) is 4.54. The second-order valence-corrected chi connectivity index (χ2v) is 7.11. The van der Waals surface area contributed by atoms with Crippen LogP contribution in [0.2, 0.25) is 0 Å². The summed E-state index contributed by atoms with van der Waals surface area (Å²) < 4.78 is 41.7. The lowest BCUT2D eigenvalue weighted by Gasteiger charge is -2.20. The van der Waals surface area contributed by atoms with Gasteiger partial charge >= 0.3 is 5.97 Å². The maximum atomic E-state index is 13.8. The van der Waals surface area contributed by atoms with Crippen molar-refractivity contribution in [2.24, 2.45) is 0 Å². The van der Waals surface area contributed by atoms with Gasteiger partial charge < -0.3 is 23.7 Å². The Morgan fingerprint density at radius 2 is 1.83 bits per heavy atom. The van der Waals surface area contributed by atoms with E-state index in [-0.39, 0.29) is 26.4 Å². The minimum atomic E-state index is -0.456. The summed E-state index contributed by atoms with van der Waals surface area (Å²) in [5.74, 6) is 0.783. The number of carbonyl (C=O) groups excluding carboxylic acids is 1. The molecule has 8 heteroatoms. The number of hydrogen-bond acceptors (Lipinski definition) is 6. The van der Waals surface area contributed by atoms with Gasteiger partial charge in [0.1, 0.15) is 18.2 Å². The zero-order valence-electron chi connectivity index (χ0n) is 16.3. The minimum absolute atomic E-state index is 0.0224. The fraction of sp³-hybridized carbons (Fsp3) is 0.381. The first-order chi connectivity index (χ1) is 14.0. The van der Waals surface area contributed by atoms with E-state index in [4.69, 9.17) is 23.7 Å². The molecule has 29 heavy (non-hydrogen) atoms. The summed E-state index contributed by atoms with van der Waals surface area (Å²) in [6, 6.07) is 6.18. The zero-order chi connectivity index (χ0) is 20.8. The molecule has 0 amide bonds. The quantitative estimate of drug-likeness (QED) is 0.530. The van der Waals surface area contributed by atoms with Crippen LogP contribution >= 0.6 is 15.9 Å². The van der Waals surface area contributed by atoms with E-state index in [2.05, 4.69) is 15.9 Å². The van der Waals surface area contributed by atoms with Crippen molar-refractivity contribution in [3.8, 4) is 17.2 Å². The van der Waals surface area contributed by atoms with Crippen LogP contribution in [0, 0.1) is 5.82 Å². The molecule has 0 fully saturated rings. The van der Waals surface area contributed by atoms with Gasteiger partial charge in [-0.25, -0.2) is 4.39 Å². The van der Waals surface area contributed by atoms with Crippen molar-refractivity contribution in [2.75, 3.05) is 20.0 Å². The molecule has 156 valence electrons. The van der Waals surface area contributed by atoms with Crippen LogP contribution in [0.3, 0.4) is 0 Å². The molecular formula is C21H22BrFO6.